The van der Waals surface area contributed by atoms with Crippen molar-refractivity contribution >= 4 is 11.8 Å². The molecule has 1 aromatic carbocycles. The molecule has 3 rings (SSSR count). The van der Waals surface area contributed by atoms with Gasteiger partial charge < -0.3 is 10.2 Å². The molecule has 2 fully saturated rings. The van der Waals surface area contributed by atoms with E-state index in [9.17, 15) is 9.59 Å². The molecule has 1 saturated heterocycles. The van der Waals surface area contributed by atoms with E-state index in [0.717, 1.165) is 18.4 Å². The van der Waals surface area contributed by atoms with Crippen LogP contribution in [-0.4, -0.2) is 29.3 Å². The lowest BCUT2D eigenvalue weighted by Crippen LogP contribution is -2.60. The van der Waals surface area contributed by atoms with Crippen LogP contribution in [0.2, 0.25) is 0 Å². The average molecular weight is 282 g/mol. The molecular formula is C17H18N2O2. The summed E-state index contributed by atoms with van der Waals surface area (Å²) in [5, 5.41) is 2.90. The second kappa shape index (κ2) is 5.61. The summed E-state index contributed by atoms with van der Waals surface area (Å²) in [6.45, 7) is 2.04. The fraction of sp³-hybridized carbons (Fsp3) is 0.412. The van der Waals surface area contributed by atoms with E-state index in [4.69, 9.17) is 0 Å². The minimum absolute atomic E-state index is 0.00583. The Morgan fingerprint density at radius 1 is 1.24 bits per heavy atom. The van der Waals surface area contributed by atoms with E-state index in [0.29, 0.717) is 12.5 Å². The highest BCUT2D eigenvalue weighted by molar-refractivity contribution is 5.98. The molecule has 0 aromatic heterocycles. The Kier molecular flexibility index (Phi) is 3.66. The van der Waals surface area contributed by atoms with Crippen molar-refractivity contribution in [3.8, 4) is 11.8 Å². The van der Waals surface area contributed by atoms with Crippen molar-refractivity contribution in [2.24, 2.45) is 5.92 Å². The van der Waals surface area contributed by atoms with E-state index in [2.05, 4.69) is 17.2 Å². The Morgan fingerprint density at radius 2 is 1.95 bits per heavy atom. The largest absolute Gasteiger partial charge is 0.342 e. The minimum Gasteiger partial charge on any atom is -0.342 e. The Balaban J connectivity index is 1.93. The number of nitrogens with zero attached hydrogens (tertiary/aromatic N) is 1. The fourth-order valence-electron chi connectivity index (χ4n) is 2.79. The molecule has 0 bridgehead atoms. The summed E-state index contributed by atoms with van der Waals surface area (Å²) in [7, 11) is 0. The predicted octanol–water partition coefficient (Wildman–Crippen LogP) is 1.49. The lowest BCUT2D eigenvalue weighted by molar-refractivity contribution is -0.149. The monoisotopic (exact) mass is 282 g/mol. The molecule has 21 heavy (non-hydrogen) atoms. The van der Waals surface area contributed by atoms with Crippen molar-refractivity contribution in [3.63, 3.8) is 0 Å². The molecule has 2 atom stereocenters. The molecule has 1 saturated carbocycles. The van der Waals surface area contributed by atoms with Gasteiger partial charge in [0.2, 0.25) is 11.8 Å². The van der Waals surface area contributed by atoms with Crippen LogP contribution < -0.4 is 5.32 Å². The van der Waals surface area contributed by atoms with Crippen LogP contribution in [0.1, 0.15) is 31.4 Å². The highest BCUT2D eigenvalue weighted by atomic mass is 16.2. The summed E-state index contributed by atoms with van der Waals surface area (Å²) < 4.78 is 0. The SMILES string of the molecule is CC#CCN1C(=O)C(C2CC2)NC(=O)C1c1ccccc1. The van der Waals surface area contributed by atoms with Crippen molar-refractivity contribution in [2.75, 3.05) is 6.54 Å². The third kappa shape index (κ3) is 2.64. The number of nitrogens with one attached hydrogen (secondary N) is 1. The maximum atomic E-state index is 12.7. The van der Waals surface area contributed by atoms with Gasteiger partial charge in [-0.3, -0.25) is 9.59 Å². The molecule has 4 heteroatoms. The van der Waals surface area contributed by atoms with E-state index in [1.807, 2.05) is 30.3 Å². The summed E-state index contributed by atoms with van der Waals surface area (Å²) in [5.41, 5.74) is 0.829. The van der Waals surface area contributed by atoms with Crippen molar-refractivity contribution in [2.45, 2.75) is 31.8 Å². The van der Waals surface area contributed by atoms with Crippen LogP contribution in [-0.2, 0) is 9.59 Å². The molecule has 4 nitrogen and oxygen atoms in total. The first-order chi connectivity index (χ1) is 10.2. The third-order valence-corrected chi connectivity index (χ3v) is 4.04. The molecule has 2 unspecified atom stereocenters. The first-order valence-electron chi connectivity index (χ1n) is 7.28. The van der Waals surface area contributed by atoms with Crippen molar-refractivity contribution in [1.82, 2.24) is 10.2 Å². The predicted molar refractivity (Wildman–Crippen MR) is 79.0 cm³/mol. The molecule has 2 amide bonds. The number of amides is 2. The highest BCUT2D eigenvalue weighted by Gasteiger charge is 2.47. The van der Waals surface area contributed by atoms with Gasteiger partial charge in [-0.2, -0.15) is 0 Å². The van der Waals surface area contributed by atoms with Crippen LogP contribution in [0.15, 0.2) is 30.3 Å². The van der Waals surface area contributed by atoms with E-state index in [1.54, 1.807) is 11.8 Å². The molecule has 108 valence electrons. The Morgan fingerprint density at radius 3 is 2.57 bits per heavy atom. The van der Waals surface area contributed by atoms with E-state index in [1.165, 1.54) is 0 Å². The normalized spacial score (nSPS) is 25.1. The maximum Gasteiger partial charge on any atom is 0.248 e. The lowest BCUT2D eigenvalue weighted by atomic mass is 9.98. The standard InChI is InChI=1S/C17H18N2O2/c1-2-3-11-19-15(13-7-5-4-6-8-13)16(20)18-14(17(19)21)12-9-10-12/h4-8,12,14-15H,9-11H2,1H3,(H,18,20). The van der Waals surface area contributed by atoms with Crippen LogP contribution >= 0.6 is 0 Å². The molecular weight excluding hydrogens is 264 g/mol. The summed E-state index contributed by atoms with van der Waals surface area (Å²) >= 11 is 0. The molecule has 2 aliphatic rings. The topological polar surface area (TPSA) is 49.4 Å². The number of benzene rings is 1. The van der Waals surface area contributed by atoms with Crippen molar-refractivity contribution < 1.29 is 9.59 Å². The molecule has 1 aromatic rings. The second-order valence-corrected chi connectivity index (χ2v) is 5.53. The van der Waals surface area contributed by atoms with Crippen LogP contribution in [0, 0.1) is 17.8 Å². The van der Waals surface area contributed by atoms with Gasteiger partial charge in [0, 0.05) is 0 Å². The lowest BCUT2D eigenvalue weighted by Gasteiger charge is -2.38. The van der Waals surface area contributed by atoms with Crippen molar-refractivity contribution in [3.05, 3.63) is 35.9 Å². The zero-order chi connectivity index (χ0) is 14.8. The Hall–Kier alpha value is -2.28. The fourth-order valence-corrected chi connectivity index (χ4v) is 2.79. The summed E-state index contributed by atoms with van der Waals surface area (Å²) in [6.07, 6.45) is 2.03. The molecule has 1 aliphatic carbocycles. The third-order valence-electron chi connectivity index (χ3n) is 4.04. The molecule has 0 radical (unpaired) electrons. The van der Waals surface area contributed by atoms with E-state index < -0.39 is 6.04 Å². The van der Waals surface area contributed by atoms with Gasteiger partial charge in [-0.1, -0.05) is 36.3 Å². The van der Waals surface area contributed by atoms with Crippen LogP contribution in [0.4, 0.5) is 0 Å². The number of hydrogen-bond donors (Lipinski definition) is 1. The number of carbonyl (C=O) groups excluding carboxylic acids is 2. The van der Waals surface area contributed by atoms with Gasteiger partial charge in [0.1, 0.15) is 12.1 Å². The van der Waals surface area contributed by atoms with Gasteiger partial charge in [-0.25, -0.2) is 0 Å². The second-order valence-electron chi connectivity index (χ2n) is 5.53. The number of hydrogen-bond acceptors (Lipinski definition) is 2. The van der Waals surface area contributed by atoms with Crippen molar-refractivity contribution in [1.29, 1.82) is 0 Å². The number of carbonyl (C=O) groups is 2. The number of piperazine rings is 1. The quantitative estimate of drug-likeness (QED) is 0.854. The highest BCUT2D eigenvalue weighted by Crippen LogP contribution is 2.37. The summed E-state index contributed by atoms with van der Waals surface area (Å²) in [4.78, 5) is 26.8. The van der Waals surface area contributed by atoms with Crippen LogP contribution in [0.25, 0.3) is 0 Å². The zero-order valence-electron chi connectivity index (χ0n) is 12.0. The maximum absolute atomic E-state index is 12.7. The molecule has 1 aliphatic heterocycles. The number of rotatable bonds is 3. The molecule has 0 spiro atoms. The minimum atomic E-state index is -0.574. The van der Waals surface area contributed by atoms with Gasteiger partial charge in [0.05, 0.1) is 6.54 Å². The van der Waals surface area contributed by atoms with E-state index >= 15 is 0 Å². The first-order valence-corrected chi connectivity index (χ1v) is 7.28. The zero-order valence-corrected chi connectivity index (χ0v) is 12.0. The van der Waals surface area contributed by atoms with Gasteiger partial charge in [-0.05, 0) is 31.2 Å². The Bertz CT molecular complexity index is 611. The smallest absolute Gasteiger partial charge is 0.248 e. The summed E-state index contributed by atoms with van der Waals surface area (Å²) in [5.74, 6) is 5.92. The van der Waals surface area contributed by atoms with Gasteiger partial charge in [0.25, 0.3) is 0 Å². The van der Waals surface area contributed by atoms with Crippen LogP contribution in [0.5, 0.6) is 0 Å². The van der Waals surface area contributed by atoms with Crippen LogP contribution in [0.3, 0.4) is 0 Å². The van der Waals surface area contributed by atoms with Gasteiger partial charge >= 0.3 is 0 Å². The van der Waals surface area contributed by atoms with Gasteiger partial charge in [0.15, 0.2) is 0 Å². The molecule has 1 heterocycles. The average Bonchev–Trinajstić information content (AvgIpc) is 3.33. The van der Waals surface area contributed by atoms with E-state index in [-0.39, 0.29) is 17.9 Å². The molecule has 1 N–H and O–H groups in total. The first kappa shape index (κ1) is 13.7. The summed E-state index contributed by atoms with van der Waals surface area (Å²) in [6, 6.07) is 8.47. The Labute approximate surface area is 124 Å². The van der Waals surface area contributed by atoms with Gasteiger partial charge in [-0.15, -0.1) is 5.92 Å².